The van der Waals surface area contributed by atoms with E-state index in [9.17, 15) is 4.79 Å². The fourth-order valence-corrected chi connectivity index (χ4v) is 7.33. The monoisotopic (exact) mass is 304 g/mol. The highest BCUT2D eigenvalue weighted by atomic mass is 16.5. The number of methoxy groups -OCH3 is 1. The third kappa shape index (κ3) is 1.85. The Morgan fingerprint density at radius 3 is 2.64 bits per heavy atom. The van der Waals surface area contributed by atoms with Crippen LogP contribution in [0, 0.1) is 34.5 Å². The first-order chi connectivity index (χ1) is 10.5. The molecule has 0 radical (unpaired) electrons. The van der Waals surface area contributed by atoms with Crippen LogP contribution >= 0.6 is 0 Å². The number of hydrogen-bond donors (Lipinski definition) is 0. The van der Waals surface area contributed by atoms with Crippen molar-refractivity contribution in [3.63, 3.8) is 0 Å². The molecule has 0 spiro atoms. The number of carbonyl (C=O) groups excluding carboxylic acids is 1. The molecule has 0 saturated heterocycles. The van der Waals surface area contributed by atoms with Crippen LogP contribution in [0.3, 0.4) is 0 Å². The van der Waals surface area contributed by atoms with E-state index in [-0.39, 0.29) is 11.5 Å². The van der Waals surface area contributed by atoms with Gasteiger partial charge in [0.05, 0.1) is 6.10 Å². The second-order valence-corrected chi connectivity index (χ2v) is 9.18. The van der Waals surface area contributed by atoms with E-state index < -0.39 is 0 Å². The first-order valence-corrected chi connectivity index (χ1v) is 9.57. The Bertz CT molecular complexity index is 472. The van der Waals surface area contributed by atoms with Crippen molar-refractivity contribution in [2.45, 2.75) is 77.7 Å². The van der Waals surface area contributed by atoms with Gasteiger partial charge in [0.1, 0.15) is 5.78 Å². The molecule has 2 nitrogen and oxygen atoms in total. The van der Waals surface area contributed by atoms with Crippen molar-refractivity contribution in [2.75, 3.05) is 7.11 Å². The van der Waals surface area contributed by atoms with Gasteiger partial charge in [-0.25, -0.2) is 0 Å². The molecule has 4 saturated carbocycles. The normalized spacial score (nSPS) is 54.5. The molecular weight excluding hydrogens is 272 g/mol. The van der Waals surface area contributed by atoms with Gasteiger partial charge in [-0.1, -0.05) is 26.7 Å². The lowest BCUT2D eigenvalue weighted by atomic mass is 9.45. The van der Waals surface area contributed by atoms with Gasteiger partial charge in [0.25, 0.3) is 0 Å². The number of Topliss-reactive ketones (excluding diaryl/α,β-unsaturated/α-hetero) is 1. The number of carbonyl (C=O) groups is 1. The molecule has 2 heteroatoms. The van der Waals surface area contributed by atoms with Crippen molar-refractivity contribution in [2.24, 2.45) is 34.5 Å². The minimum absolute atomic E-state index is 0.0836. The molecule has 4 rings (SSSR count). The van der Waals surface area contributed by atoms with Gasteiger partial charge < -0.3 is 4.74 Å². The predicted octanol–water partition coefficient (Wildman–Crippen LogP) is 4.61. The summed E-state index contributed by atoms with van der Waals surface area (Å²) in [6.07, 6.45) is 11.7. The number of fused-ring (bicyclic) bond motifs is 5. The number of ketones is 1. The molecule has 0 heterocycles. The minimum Gasteiger partial charge on any atom is -0.381 e. The molecule has 4 aliphatic rings. The Kier molecular flexibility index (Phi) is 3.49. The van der Waals surface area contributed by atoms with Gasteiger partial charge >= 0.3 is 0 Å². The average molecular weight is 304 g/mol. The molecule has 0 aromatic heterocycles. The lowest BCUT2D eigenvalue weighted by Crippen LogP contribution is -2.54. The second kappa shape index (κ2) is 5.06. The van der Waals surface area contributed by atoms with Gasteiger partial charge in [-0.2, -0.15) is 0 Å². The van der Waals surface area contributed by atoms with Gasteiger partial charge in [0.15, 0.2) is 0 Å². The van der Waals surface area contributed by atoms with Crippen LogP contribution in [0.15, 0.2) is 0 Å². The van der Waals surface area contributed by atoms with E-state index in [2.05, 4.69) is 13.8 Å². The summed E-state index contributed by atoms with van der Waals surface area (Å²) in [5.41, 5.74) is 0.464. The van der Waals surface area contributed by atoms with Crippen LogP contribution in [0.2, 0.25) is 0 Å². The van der Waals surface area contributed by atoms with E-state index in [0.29, 0.717) is 23.5 Å². The zero-order valence-corrected chi connectivity index (χ0v) is 14.6. The van der Waals surface area contributed by atoms with Crippen molar-refractivity contribution < 1.29 is 9.53 Å². The number of rotatable bonds is 1. The molecule has 0 bridgehead atoms. The van der Waals surface area contributed by atoms with E-state index in [1.165, 1.54) is 44.9 Å². The van der Waals surface area contributed by atoms with Crippen molar-refractivity contribution in [1.29, 1.82) is 0 Å². The maximum Gasteiger partial charge on any atom is 0.141 e. The molecule has 0 unspecified atom stereocenters. The molecular formula is C20H32O2. The summed E-state index contributed by atoms with van der Waals surface area (Å²) in [5, 5.41) is 0. The van der Waals surface area contributed by atoms with Crippen molar-refractivity contribution >= 4 is 5.78 Å². The molecule has 0 aliphatic heterocycles. The summed E-state index contributed by atoms with van der Waals surface area (Å²) in [5.74, 6) is 3.50. The van der Waals surface area contributed by atoms with Crippen molar-refractivity contribution in [1.82, 2.24) is 0 Å². The minimum atomic E-state index is -0.0836. The fraction of sp³-hybridized carbons (Fsp3) is 0.950. The molecule has 4 aliphatic carbocycles. The lowest BCUT2D eigenvalue weighted by Gasteiger charge is -2.60. The Morgan fingerprint density at radius 1 is 1.05 bits per heavy atom. The summed E-state index contributed by atoms with van der Waals surface area (Å²) in [7, 11) is 1.82. The highest BCUT2D eigenvalue weighted by Gasteiger charge is 2.62. The zero-order chi connectivity index (χ0) is 15.5. The van der Waals surface area contributed by atoms with Gasteiger partial charge in [-0.05, 0) is 61.7 Å². The summed E-state index contributed by atoms with van der Waals surface area (Å²) in [6, 6.07) is 0. The van der Waals surface area contributed by atoms with Crippen LogP contribution in [0.1, 0.15) is 71.6 Å². The molecule has 22 heavy (non-hydrogen) atoms. The summed E-state index contributed by atoms with van der Waals surface area (Å²) in [6.45, 7) is 4.85. The molecule has 124 valence electrons. The summed E-state index contributed by atoms with van der Waals surface area (Å²) in [4.78, 5) is 12.7. The molecule has 0 aromatic rings. The quantitative estimate of drug-likeness (QED) is 0.707. The third-order valence-corrected chi connectivity index (χ3v) is 8.56. The molecule has 7 atom stereocenters. The van der Waals surface area contributed by atoms with Crippen LogP contribution in [-0.4, -0.2) is 19.0 Å². The van der Waals surface area contributed by atoms with E-state index >= 15 is 0 Å². The van der Waals surface area contributed by atoms with Gasteiger partial charge in [-0.3, -0.25) is 4.79 Å². The van der Waals surface area contributed by atoms with Crippen LogP contribution in [0.25, 0.3) is 0 Å². The highest BCUT2D eigenvalue weighted by Crippen LogP contribution is 2.65. The molecule has 0 aromatic carbocycles. The number of ether oxygens (including phenoxy) is 1. The maximum absolute atomic E-state index is 12.7. The summed E-state index contributed by atoms with van der Waals surface area (Å²) < 4.78 is 5.81. The van der Waals surface area contributed by atoms with Crippen molar-refractivity contribution in [3.05, 3.63) is 0 Å². The van der Waals surface area contributed by atoms with Crippen LogP contribution in [0.5, 0.6) is 0 Å². The Hall–Kier alpha value is -0.370. The smallest absolute Gasteiger partial charge is 0.141 e. The predicted molar refractivity (Wildman–Crippen MR) is 87.5 cm³/mol. The Morgan fingerprint density at radius 2 is 1.86 bits per heavy atom. The standard InChI is InChI=1S/C20H32O2/c1-19-10-5-4-6-13(19)7-8-14-15(19)9-11-20(2)17(21)12-16(22-3)18(14)20/h13-16,18H,4-12H2,1-3H3/t13-,14-,15+,16-,18-,19+,20-/m1/s1. The first-order valence-electron chi connectivity index (χ1n) is 9.57. The van der Waals surface area contributed by atoms with Gasteiger partial charge in [-0.15, -0.1) is 0 Å². The van der Waals surface area contributed by atoms with Crippen molar-refractivity contribution in [3.8, 4) is 0 Å². The molecule has 0 N–H and O–H groups in total. The fourth-order valence-electron chi connectivity index (χ4n) is 7.33. The summed E-state index contributed by atoms with van der Waals surface area (Å²) >= 11 is 0. The van der Waals surface area contributed by atoms with Gasteiger partial charge in [0, 0.05) is 24.9 Å². The van der Waals surface area contributed by atoms with Crippen LogP contribution in [-0.2, 0) is 9.53 Å². The average Bonchev–Trinajstić information content (AvgIpc) is 2.78. The highest BCUT2D eigenvalue weighted by molar-refractivity contribution is 5.88. The SMILES string of the molecule is CO[C@@H]1CC(=O)[C@@]2(C)CC[C@H]3[C@@H](CC[C@H]4CCCC[C@@]43C)[C@H]12. The Labute approximate surface area is 135 Å². The zero-order valence-electron chi connectivity index (χ0n) is 14.6. The topological polar surface area (TPSA) is 26.3 Å². The van der Waals surface area contributed by atoms with Gasteiger partial charge in [0.2, 0.25) is 0 Å². The first kappa shape index (κ1) is 15.2. The second-order valence-electron chi connectivity index (χ2n) is 9.18. The molecule has 0 amide bonds. The lowest BCUT2D eigenvalue weighted by molar-refractivity contribution is -0.144. The van der Waals surface area contributed by atoms with E-state index in [1.54, 1.807) is 0 Å². The molecule has 4 fully saturated rings. The largest absolute Gasteiger partial charge is 0.381 e. The van der Waals surface area contributed by atoms with Crippen LogP contribution < -0.4 is 0 Å². The Balaban J connectivity index is 1.69. The maximum atomic E-state index is 12.7. The van der Waals surface area contributed by atoms with E-state index in [1.807, 2.05) is 7.11 Å². The van der Waals surface area contributed by atoms with E-state index in [0.717, 1.165) is 24.2 Å². The van der Waals surface area contributed by atoms with Crippen LogP contribution in [0.4, 0.5) is 0 Å². The number of hydrogen-bond acceptors (Lipinski definition) is 2. The third-order valence-electron chi connectivity index (χ3n) is 8.56. The van der Waals surface area contributed by atoms with E-state index in [4.69, 9.17) is 4.74 Å².